The van der Waals surface area contributed by atoms with Gasteiger partial charge in [-0.1, -0.05) is 51.1 Å². The Hall–Kier alpha value is -2.14. The first-order chi connectivity index (χ1) is 10.4. The maximum atomic E-state index is 12.0. The van der Waals surface area contributed by atoms with Crippen molar-refractivity contribution in [1.29, 1.82) is 0 Å². The normalized spacial score (nSPS) is 12.9. The molecule has 1 aromatic carbocycles. The standard InChI is InChI=1S/C17H23N3O2/c1-17(2,3)9-10-19-15(21)13-11-22-16(20-13)14(18)12-7-5-4-6-8-12/h4-8,11,14H,9-10,18H2,1-3H3,(H,19,21). The van der Waals surface area contributed by atoms with Crippen LogP contribution in [0.2, 0.25) is 0 Å². The Morgan fingerprint density at radius 2 is 2.00 bits per heavy atom. The van der Waals surface area contributed by atoms with E-state index in [2.05, 4.69) is 31.1 Å². The van der Waals surface area contributed by atoms with Gasteiger partial charge in [-0.05, 0) is 17.4 Å². The van der Waals surface area contributed by atoms with Crippen LogP contribution in [0.4, 0.5) is 0 Å². The van der Waals surface area contributed by atoms with Gasteiger partial charge in [-0.15, -0.1) is 0 Å². The summed E-state index contributed by atoms with van der Waals surface area (Å²) in [4.78, 5) is 16.2. The van der Waals surface area contributed by atoms with Gasteiger partial charge in [0.2, 0.25) is 5.89 Å². The van der Waals surface area contributed by atoms with Crippen LogP contribution < -0.4 is 11.1 Å². The summed E-state index contributed by atoms with van der Waals surface area (Å²) in [5.74, 6) is 0.103. The highest BCUT2D eigenvalue weighted by atomic mass is 16.3. The molecule has 1 aromatic heterocycles. The van der Waals surface area contributed by atoms with Gasteiger partial charge in [0.1, 0.15) is 12.3 Å². The fourth-order valence-electron chi connectivity index (χ4n) is 1.98. The van der Waals surface area contributed by atoms with Crippen molar-refractivity contribution in [2.24, 2.45) is 11.1 Å². The first-order valence-corrected chi connectivity index (χ1v) is 7.41. The number of nitrogens with one attached hydrogen (secondary N) is 1. The third-order valence-electron chi connectivity index (χ3n) is 3.34. The van der Waals surface area contributed by atoms with Gasteiger partial charge in [0, 0.05) is 6.54 Å². The second-order valence-electron chi connectivity index (χ2n) is 6.53. The van der Waals surface area contributed by atoms with E-state index in [9.17, 15) is 4.79 Å². The van der Waals surface area contributed by atoms with Crippen LogP contribution in [0.15, 0.2) is 41.0 Å². The molecule has 0 fully saturated rings. The predicted molar refractivity (Wildman–Crippen MR) is 85.4 cm³/mol. The SMILES string of the molecule is CC(C)(C)CCNC(=O)c1coc(C(N)c2ccccc2)n1. The number of amides is 1. The third kappa shape index (κ3) is 4.43. The molecule has 0 bridgehead atoms. The van der Waals surface area contributed by atoms with Gasteiger partial charge < -0.3 is 15.5 Å². The van der Waals surface area contributed by atoms with Gasteiger partial charge in [0.25, 0.3) is 5.91 Å². The number of rotatable bonds is 5. The smallest absolute Gasteiger partial charge is 0.273 e. The van der Waals surface area contributed by atoms with Crippen molar-refractivity contribution in [2.45, 2.75) is 33.2 Å². The summed E-state index contributed by atoms with van der Waals surface area (Å²) in [5, 5.41) is 2.85. The molecule has 0 saturated carbocycles. The van der Waals surface area contributed by atoms with Gasteiger partial charge in [-0.2, -0.15) is 0 Å². The quantitative estimate of drug-likeness (QED) is 0.889. The lowest BCUT2D eigenvalue weighted by Gasteiger charge is -2.17. The summed E-state index contributed by atoms with van der Waals surface area (Å²) in [6, 6.07) is 9.05. The van der Waals surface area contributed by atoms with Crippen molar-refractivity contribution in [3.63, 3.8) is 0 Å². The zero-order valence-corrected chi connectivity index (χ0v) is 13.3. The molecule has 1 heterocycles. The molecule has 0 aliphatic carbocycles. The highest BCUT2D eigenvalue weighted by Gasteiger charge is 2.18. The molecule has 2 aromatic rings. The molecule has 0 saturated heterocycles. The number of benzene rings is 1. The lowest BCUT2D eigenvalue weighted by atomic mass is 9.92. The summed E-state index contributed by atoms with van der Waals surface area (Å²) in [6.07, 6.45) is 2.25. The molecule has 0 aliphatic rings. The van der Waals surface area contributed by atoms with Crippen molar-refractivity contribution >= 4 is 5.91 Å². The predicted octanol–water partition coefficient (Wildman–Crippen LogP) is 2.89. The molecule has 3 N–H and O–H groups in total. The topological polar surface area (TPSA) is 81.2 Å². The van der Waals surface area contributed by atoms with Crippen LogP contribution in [0.3, 0.4) is 0 Å². The molecule has 0 radical (unpaired) electrons. The minimum absolute atomic E-state index is 0.179. The van der Waals surface area contributed by atoms with E-state index in [1.165, 1.54) is 6.26 Å². The third-order valence-corrected chi connectivity index (χ3v) is 3.34. The number of hydrogen-bond acceptors (Lipinski definition) is 4. The number of carbonyl (C=O) groups is 1. The largest absolute Gasteiger partial charge is 0.446 e. The second kappa shape index (κ2) is 6.75. The molecule has 1 unspecified atom stereocenters. The van der Waals surface area contributed by atoms with E-state index in [0.29, 0.717) is 12.4 Å². The summed E-state index contributed by atoms with van der Waals surface area (Å²) < 4.78 is 5.35. The average molecular weight is 301 g/mol. The Balaban J connectivity index is 1.97. The monoisotopic (exact) mass is 301 g/mol. The summed E-state index contributed by atoms with van der Waals surface area (Å²) >= 11 is 0. The molecule has 5 nitrogen and oxygen atoms in total. The van der Waals surface area contributed by atoms with E-state index in [1.54, 1.807) is 0 Å². The number of hydrogen-bond donors (Lipinski definition) is 2. The van der Waals surface area contributed by atoms with Crippen LogP contribution in [0, 0.1) is 5.41 Å². The van der Waals surface area contributed by atoms with Crippen molar-refractivity contribution in [3.05, 3.63) is 53.7 Å². The van der Waals surface area contributed by atoms with Crippen LogP contribution >= 0.6 is 0 Å². The number of carbonyl (C=O) groups excluding carboxylic acids is 1. The zero-order chi connectivity index (χ0) is 16.2. The van der Waals surface area contributed by atoms with Gasteiger partial charge >= 0.3 is 0 Å². The Morgan fingerprint density at radius 1 is 1.32 bits per heavy atom. The Labute approximate surface area is 130 Å². The second-order valence-corrected chi connectivity index (χ2v) is 6.53. The lowest BCUT2D eigenvalue weighted by molar-refractivity contribution is 0.0944. The fourth-order valence-corrected chi connectivity index (χ4v) is 1.98. The molecular formula is C17H23N3O2. The first-order valence-electron chi connectivity index (χ1n) is 7.41. The van der Waals surface area contributed by atoms with Crippen LogP contribution in [0.5, 0.6) is 0 Å². The number of nitrogens with zero attached hydrogens (tertiary/aromatic N) is 1. The Kier molecular flexibility index (Phi) is 4.98. The molecule has 5 heteroatoms. The average Bonchev–Trinajstić information content (AvgIpc) is 2.96. The molecule has 0 aliphatic heterocycles. The summed E-state index contributed by atoms with van der Waals surface area (Å²) in [5.41, 5.74) is 7.43. The van der Waals surface area contributed by atoms with Crippen LogP contribution in [-0.2, 0) is 0 Å². The minimum Gasteiger partial charge on any atom is -0.446 e. The molecule has 1 atom stereocenters. The van der Waals surface area contributed by atoms with Crippen molar-refractivity contribution in [2.75, 3.05) is 6.54 Å². The maximum absolute atomic E-state index is 12.0. The summed E-state index contributed by atoms with van der Waals surface area (Å²) in [7, 11) is 0. The highest BCUT2D eigenvalue weighted by molar-refractivity contribution is 5.91. The summed E-state index contributed by atoms with van der Waals surface area (Å²) in [6.45, 7) is 7.00. The number of oxazole rings is 1. The Morgan fingerprint density at radius 3 is 2.64 bits per heavy atom. The first kappa shape index (κ1) is 16.2. The van der Waals surface area contributed by atoms with E-state index in [0.717, 1.165) is 12.0 Å². The van der Waals surface area contributed by atoms with Gasteiger partial charge in [-0.3, -0.25) is 4.79 Å². The van der Waals surface area contributed by atoms with E-state index < -0.39 is 6.04 Å². The molecule has 22 heavy (non-hydrogen) atoms. The van der Waals surface area contributed by atoms with E-state index in [-0.39, 0.29) is 17.0 Å². The van der Waals surface area contributed by atoms with Crippen molar-refractivity contribution < 1.29 is 9.21 Å². The van der Waals surface area contributed by atoms with E-state index in [4.69, 9.17) is 10.2 Å². The highest BCUT2D eigenvalue weighted by Crippen LogP contribution is 2.19. The Bertz CT molecular complexity index is 614. The van der Waals surface area contributed by atoms with Crippen molar-refractivity contribution in [1.82, 2.24) is 10.3 Å². The zero-order valence-electron chi connectivity index (χ0n) is 13.3. The van der Waals surface area contributed by atoms with Crippen LogP contribution in [0.25, 0.3) is 0 Å². The fraction of sp³-hybridized carbons (Fsp3) is 0.412. The van der Waals surface area contributed by atoms with Gasteiger partial charge in [0.05, 0.1) is 0 Å². The molecule has 1 amide bonds. The molecular weight excluding hydrogens is 278 g/mol. The van der Waals surface area contributed by atoms with E-state index in [1.807, 2.05) is 30.3 Å². The van der Waals surface area contributed by atoms with Crippen LogP contribution in [0.1, 0.15) is 55.2 Å². The lowest BCUT2D eigenvalue weighted by Crippen LogP contribution is -2.27. The molecule has 2 rings (SSSR count). The minimum atomic E-state index is -0.475. The van der Waals surface area contributed by atoms with Gasteiger partial charge in [0.15, 0.2) is 5.69 Å². The maximum Gasteiger partial charge on any atom is 0.273 e. The molecule has 0 spiro atoms. The number of aromatic nitrogens is 1. The van der Waals surface area contributed by atoms with Crippen LogP contribution in [-0.4, -0.2) is 17.4 Å². The number of nitrogens with two attached hydrogens (primary N) is 1. The van der Waals surface area contributed by atoms with E-state index >= 15 is 0 Å². The molecule has 118 valence electrons. The van der Waals surface area contributed by atoms with Gasteiger partial charge in [-0.25, -0.2) is 4.98 Å². The van der Waals surface area contributed by atoms with Crippen molar-refractivity contribution in [3.8, 4) is 0 Å².